The number of methoxy groups -OCH3 is 1. The van der Waals surface area contributed by atoms with Gasteiger partial charge in [0, 0.05) is 0 Å². The van der Waals surface area contributed by atoms with Crippen molar-refractivity contribution in [1.29, 1.82) is 0 Å². The van der Waals surface area contributed by atoms with E-state index >= 15 is 4.39 Å². The summed E-state index contributed by atoms with van der Waals surface area (Å²) in [5, 5.41) is 0. The molecule has 0 amide bonds. The molecule has 0 aliphatic carbocycles. The van der Waals surface area contributed by atoms with Crippen molar-refractivity contribution >= 4 is 6.29 Å². The smallest absolute Gasteiger partial charge is 0.330 e. The van der Waals surface area contributed by atoms with Gasteiger partial charge < -0.3 is 19.0 Å². The van der Waals surface area contributed by atoms with Crippen LogP contribution in [-0.4, -0.2) is 41.3 Å². The molecule has 2 heterocycles. The van der Waals surface area contributed by atoms with Crippen LogP contribution >= 0.6 is 0 Å². The first-order valence-corrected chi connectivity index (χ1v) is 12.1. The Morgan fingerprint density at radius 1 is 0.923 bits per heavy atom. The lowest BCUT2D eigenvalue weighted by Crippen LogP contribution is -2.44. The summed E-state index contributed by atoms with van der Waals surface area (Å²) in [6.45, 7) is 0. The molecule has 1 aromatic heterocycles. The van der Waals surface area contributed by atoms with Gasteiger partial charge in [-0.1, -0.05) is 72.8 Å². The number of nitrogens with zero attached hydrogens (tertiary/aromatic N) is 1. The minimum Gasteiger partial charge on any atom is -0.497 e. The van der Waals surface area contributed by atoms with E-state index < -0.39 is 47.3 Å². The van der Waals surface area contributed by atoms with Crippen LogP contribution in [0.2, 0.25) is 0 Å². The zero-order chi connectivity index (χ0) is 27.6. The molecule has 0 radical (unpaired) electrons. The highest BCUT2D eigenvalue weighted by Crippen LogP contribution is 2.45. The minimum absolute atomic E-state index is 0.374. The first kappa shape index (κ1) is 26.2. The third-order valence-corrected chi connectivity index (χ3v) is 6.71. The number of ether oxygens (including phenoxy) is 3. The van der Waals surface area contributed by atoms with Crippen LogP contribution in [0.25, 0.3) is 0 Å². The molecule has 200 valence electrons. The first-order chi connectivity index (χ1) is 18.9. The summed E-state index contributed by atoms with van der Waals surface area (Å²) in [6.07, 6.45) is -5.90. The van der Waals surface area contributed by atoms with Crippen LogP contribution in [0.4, 0.5) is 8.78 Å². The number of alkyl halides is 1. The van der Waals surface area contributed by atoms with E-state index in [9.17, 15) is 18.8 Å². The number of aldehydes is 1. The van der Waals surface area contributed by atoms with Crippen LogP contribution in [-0.2, 0) is 19.9 Å². The average Bonchev–Trinajstić information content (AvgIpc) is 3.29. The van der Waals surface area contributed by atoms with Crippen molar-refractivity contribution in [2.24, 2.45) is 0 Å². The van der Waals surface area contributed by atoms with Gasteiger partial charge in [0.15, 0.2) is 18.7 Å². The molecule has 10 heteroatoms. The monoisotopic (exact) mass is 534 g/mol. The van der Waals surface area contributed by atoms with Crippen molar-refractivity contribution < 1.29 is 27.8 Å². The topological polar surface area (TPSA) is 99.6 Å². The van der Waals surface area contributed by atoms with Crippen LogP contribution in [0.5, 0.6) is 5.75 Å². The summed E-state index contributed by atoms with van der Waals surface area (Å²) in [5.74, 6) is -0.717. The Morgan fingerprint density at radius 3 is 2.03 bits per heavy atom. The van der Waals surface area contributed by atoms with E-state index in [4.69, 9.17) is 14.2 Å². The highest BCUT2D eigenvalue weighted by atomic mass is 19.1. The second kappa shape index (κ2) is 10.8. The van der Waals surface area contributed by atoms with Gasteiger partial charge in [0.05, 0.1) is 13.3 Å². The Morgan fingerprint density at radius 2 is 1.49 bits per heavy atom. The molecular weight excluding hydrogens is 510 g/mol. The lowest BCUT2D eigenvalue weighted by Gasteiger charge is -2.39. The summed E-state index contributed by atoms with van der Waals surface area (Å²) >= 11 is 0. The highest BCUT2D eigenvalue weighted by molar-refractivity contribution is 5.58. The molecule has 1 fully saturated rings. The van der Waals surface area contributed by atoms with Crippen molar-refractivity contribution in [3.63, 3.8) is 0 Å². The lowest BCUT2D eigenvalue weighted by atomic mass is 9.79. The molecule has 0 unspecified atom stereocenters. The number of carbonyl (C=O) groups is 1. The van der Waals surface area contributed by atoms with Gasteiger partial charge in [-0.05, 0) is 28.8 Å². The molecule has 1 saturated heterocycles. The number of rotatable bonds is 8. The maximum absolute atomic E-state index is 16.2. The highest BCUT2D eigenvalue weighted by Gasteiger charge is 2.52. The third kappa shape index (κ3) is 4.68. The molecule has 4 atom stereocenters. The number of hydrogen-bond acceptors (Lipinski definition) is 6. The van der Waals surface area contributed by atoms with Gasteiger partial charge in [0.2, 0.25) is 5.82 Å². The van der Waals surface area contributed by atoms with Crippen LogP contribution in [0.3, 0.4) is 0 Å². The number of aromatic amines is 1. The van der Waals surface area contributed by atoms with E-state index in [1.54, 1.807) is 53.5 Å². The summed E-state index contributed by atoms with van der Waals surface area (Å²) < 4.78 is 48.3. The molecule has 1 N–H and O–H groups in total. The predicted molar refractivity (Wildman–Crippen MR) is 137 cm³/mol. The summed E-state index contributed by atoms with van der Waals surface area (Å²) in [7, 11) is 1.53. The largest absolute Gasteiger partial charge is 0.497 e. The van der Waals surface area contributed by atoms with E-state index in [0.717, 1.165) is 0 Å². The number of halogens is 2. The summed E-state index contributed by atoms with van der Waals surface area (Å²) in [4.78, 5) is 37.8. The zero-order valence-corrected chi connectivity index (χ0v) is 20.7. The SMILES string of the molecule is COc1ccc(C(O[C@H]2[C@H](F)[C@H](n3cc(F)c(=O)[nH]c3=O)O[C@@H]2C=O)(c2ccccc2)c2ccccc2)cc1. The summed E-state index contributed by atoms with van der Waals surface area (Å²) in [6, 6.07) is 25.2. The normalized spacial score (nSPS) is 21.0. The molecule has 4 aromatic rings. The van der Waals surface area contributed by atoms with Gasteiger partial charge in [-0.3, -0.25) is 14.3 Å². The number of H-pyrrole nitrogens is 1. The van der Waals surface area contributed by atoms with Gasteiger partial charge in [0.25, 0.3) is 5.56 Å². The lowest BCUT2D eigenvalue weighted by molar-refractivity contribution is -0.131. The number of hydrogen-bond donors (Lipinski definition) is 1. The Kier molecular flexibility index (Phi) is 7.23. The quantitative estimate of drug-likeness (QED) is 0.275. The van der Waals surface area contributed by atoms with E-state index in [0.29, 0.717) is 39.5 Å². The molecule has 0 saturated carbocycles. The van der Waals surface area contributed by atoms with Crippen molar-refractivity contribution in [2.75, 3.05) is 7.11 Å². The first-order valence-electron chi connectivity index (χ1n) is 12.1. The Labute approximate surface area is 221 Å². The van der Waals surface area contributed by atoms with E-state index in [1.165, 1.54) is 7.11 Å². The van der Waals surface area contributed by atoms with Crippen LogP contribution < -0.4 is 16.0 Å². The van der Waals surface area contributed by atoms with Gasteiger partial charge >= 0.3 is 5.69 Å². The molecule has 3 aromatic carbocycles. The second-order valence-electron chi connectivity index (χ2n) is 8.94. The van der Waals surface area contributed by atoms with E-state index in [1.807, 2.05) is 36.4 Å². The Balaban J connectivity index is 1.68. The average molecular weight is 535 g/mol. The second-order valence-corrected chi connectivity index (χ2v) is 8.94. The number of carbonyl (C=O) groups excluding carboxylic acids is 1. The minimum atomic E-state index is -2.10. The van der Waals surface area contributed by atoms with Gasteiger partial charge in [0.1, 0.15) is 23.6 Å². The van der Waals surface area contributed by atoms with Crippen LogP contribution in [0.15, 0.2) is 101 Å². The fourth-order valence-electron chi connectivity index (χ4n) is 4.85. The number of benzene rings is 3. The molecule has 1 aliphatic rings. The van der Waals surface area contributed by atoms with Crippen LogP contribution in [0.1, 0.15) is 22.9 Å². The molecule has 39 heavy (non-hydrogen) atoms. The van der Waals surface area contributed by atoms with Gasteiger partial charge in [-0.2, -0.15) is 4.39 Å². The van der Waals surface area contributed by atoms with Gasteiger partial charge in [-0.15, -0.1) is 0 Å². The molecule has 0 spiro atoms. The molecule has 5 rings (SSSR count). The Hall–Kier alpha value is -4.41. The van der Waals surface area contributed by atoms with Crippen molar-refractivity contribution in [3.05, 3.63) is 134 Å². The van der Waals surface area contributed by atoms with E-state index in [2.05, 4.69) is 0 Å². The van der Waals surface area contributed by atoms with Crippen molar-refractivity contribution in [1.82, 2.24) is 9.55 Å². The molecule has 8 nitrogen and oxygen atoms in total. The fraction of sp³-hybridized carbons (Fsp3) is 0.207. The predicted octanol–water partition coefficient (Wildman–Crippen LogP) is 3.50. The maximum Gasteiger partial charge on any atom is 0.330 e. The number of aromatic nitrogens is 2. The maximum atomic E-state index is 16.2. The van der Waals surface area contributed by atoms with E-state index in [-0.39, 0.29) is 0 Å². The zero-order valence-electron chi connectivity index (χ0n) is 20.7. The molecule has 1 aliphatic heterocycles. The van der Waals surface area contributed by atoms with Crippen molar-refractivity contribution in [2.45, 2.75) is 30.2 Å². The standard InChI is InChI=1S/C29H24F2N2O6/c1-37-21-14-12-20(13-15-21)29(18-8-4-2-5-9-18,19-10-6-3-7-11-19)39-25-23(17-34)38-27(24(25)31)33-16-22(30)26(35)32-28(33)36/h2-17,23-25,27H,1H3,(H,32,35,36)/t23-,24+,25-,27-/m1/s1. The fourth-order valence-corrected chi connectivity index (χ4v) is 4.85. The Bertz CT molecular complexity index is 1520. The molecular formula is C29H24F2N2O6. The van der Waals surface area contributed by atoms with Crippen LogP contribution in [0, 0.1) is 5.82 Å². The third-order valence-electron chi connectivity index (χ3n) is 6.71. The summed E-state index contributed by atoms with van der Waals surface area (Å²) in [5.41, 5.74) is -1.91. The van der Waals surface area contributed by atoms with Crippen molar-refractivity contribution in [3.8, 4) is 5.75 Å². The molecule has 0 bridgehead atoms. The number of nitrogens with one attached hydrogen (secondary N) is 1. The van der Waals surface area contributed by atoms with Gasteiger partial charge in [-0.25, -0.2) is 9.18 Å².